The normalized spacial score (nSPS) is 19.3. The van der Waals surface area contributed by atoms with Gasteiger partial charge in [-0.2, -0.15) is 0 Å². The van der Waals surface area contributed by atoms with E-state index in [9.17, 15) is 15.3 Å². The molecule has 4 heteroatoms. The number of benzene rings is 1. The summed E-state index contributed by atoms with van der Waals surface area (Å²) >= 11 is 0. The minimum absolute atomic E-state index is 0.0113. The van der Waals surface area contributed by atoms with Crippen LogP contribution in [0.2, 0.25) is 0 Å². The molecule has 2 atom stereocenters. The van der Waals surface area contributed by atoms with Crippen LogP contribution in [-0.2, 0) is 4.74 Å². The van der Waals surface area contributed by atoms with Gasteiger partial charge in [-0.1, -0.05) is 38.0 Å². The summed E-state index contributed by atoms with van der Waals surface area (Å²) in [5, 5.41) is 30.0. The molecule has 1 aliphatic rings. The van der Waals surface area contributed by atoms with E-state index in [-0.39, 0.29) is 17.1 Å². The monoisotopic (exact) mass is 316 g/mol. The first-order valence-electron chi connectivity index (χ1n) is 7.81. The van der Waals surface area contributed by atoms with Crippen molar-refractivity contribution in [2.75, 3.05) is 0 Å². The van der Waals surface area contributed by atoms with E-state index < -0.39 is 6.29 Å². The van der Waals surface area contributed by atoms with Gasteiger partial charge in [0.2, 0.25) is 6.29 Å². The summed E-state index contributed by atoms with van der Waals surface area (Å²) in [6.45, 7) is 7.89. The third-order valence-corrected chi connectivity index (χ3v) is 4.09. The van der Waals surface area contributed by atoms with Crippen molar-refractivity contribution in [3.8, 4) is 11.5 Å². The number of allylic oxidation sites excluding steroid dienone is 4. The Morgan fingerprint density at radius 1 is 1.39 bits per heavy atom. The maximum atomic E-state index is 10.1. The second-order valence-electron chi connectivity index (χ2n) is 6.02. The smallest absolute Gasteiger partial charge is 0.228 e. The fourth-order valence-corrected chi connectivity index (χ4v) is 2.47. The summed E-state index contributed by atoms with van der Waals surface area (Å²) in [5.74, 6) is 0.830. The maximum absolute atomic E-state index is 10.1. The zero-order valence-corrected chi connectivity index (χ0v) is 14.0. The fourth-order valence-electron chi connectivity index (χ4n) is 2.47. The molecule has 1 aliphatic heterocycles. The molecule has 2 rings (SSSR count). The zero-order valence-electron chi connectivity index (χ0n) is 14.0. The number of hydrogen-bond donors (Lipinski definition) is 3. The molecule has 1 aromatic carbocycles. The third-order valence-electron chi connectivity index (χ3n) is 4.09. The molecule has 23 heavy (non-hydrogen) atoms. The number of aromatic hydroxyl groups is 2. The van der Waals surface area contributed by atoms with Crippen LogP contribution in [0.15, 0.2) is 35.6 Å². The van der Waals surface area contributed by atoms with E-state index >= 15 is 0 Å². The number of phenolic OH excluding ortho intramolecular Hbond substituents is 2. The molecular weight excluding hydrogens is 292 g/mol. The van der Waals surface area contributed by atoms with Gasteiger partial charge in [0.15, 0.2) is 0 Å². The Balaban J connectivity index is 2.32. The summed E-state index contributed by atoms with van der Waals surface area (Å²) in [6.07, 6.45) is 7.37. The van der Waals surface area contributed by atoms with Crippen LogP contribution in [0, 0.1) is 12.8 Å². The van der Waals surface area contributed by atoms with Gasteiger partial charge in [-0.3, -0.25) is 0 Å². The van der Waals surface area contributed by atoms with Gasteiger partial charge < -0.3 is 20.1 Å². The summed E-state index contributed by atoms with van der Waals surface area (Å²) in [7, 11) is 0. The molecule has 0 amide bonds. The van der Waals surface area contributed by atoms with E-state index in [0.29, 0.717) is 22.8 Å². The third kappa shape index (κ3) is 3.77. The van der Waals surface area contributed by atoms with Crippen LogP contribution < -0.4 is 0 Å². The quantitative estimate of drug-likeness (QED) is 0.724. The molecule has 0 radical (unpaired) electrons. The molecule has 1 heterocycles. The number of aliphatic hydroxyl groups is 1. The van der Waals surface area contributed by atoms with E-state index in [4.69, 9.17) is 4.74 Å². The minimum Gasteiger partial charge on any atom is -0.508 e. The average molecular weight is 316 g/mol. The lowest BCUT2D eigenvalue weighted by Crippen LogP contribution is -2.10. The number of phenols is 2. The number of hydrogen-bond acceptors (Lipinski definition) is 4. The predicted molar refractivity (Wildman–Crippen MR) is 90.9 cm³/mol. The average Bonchev–Trinajstić information content (AvgIpc) is 2.50. The van der Waals surface area contributed by atoms with E-state index in [1.165, 1.54) is 6.07 Å². The van der Waals surface area contributed by atoms with Crippen LogP contribution in [0.4, 0.5) is 0 Å². The van der Waals surface area contributed by atoms with Crippen molar-refractivity contribution in [1.82, 2.24) is 0 Å². The van der Waals surface area contributed by atoms with Crippen molar-refractivity contribution < 1.29 is 20.1 Å². The van der Waals surface area contributed by atoms with Gasteiger partial charge in [0.1, 0.15) is 17.3 Å². The Morgan fingerprint density at radius 3 is 2.74 bits per heavy atom. The van der Waals surface area contributed by atoms with Crippen LogP contribution in [0.1, 0.15) is 50.2 Å². The highest BCUT2D eigenvalue weighted by Crippen LogP contribution is 2.41. The summed E-state index contributed by atoms with van der Waals surface area (Å²) in [6, 6.07) is 1.52. The lowest BCUT2D eigenvalue weighted by atomic mass is 9.98. The van der Waals surface area contributed by atoms with Crippen LogP contribution in [0.25, 0.3) is 6.08 Å². The molecule has 2 unspecified atom stereocenters. The van der Waals surface area contributed by atoms with E-state index in [1.807, 2.05) is 13.0 Å². The molecule has 4 nitrogen and oxygen atoms in total. The van der Waals surface area contributed by atoms with Crippen molar-refractivity contribution in [2.45, 2.75) is 40.4 Å². The molecule has 0 fully saturated rings. The SMILES string of the molecule is CCC(C)C=C(C)C=CC1=Cc2cc(O)c(C)c(O)c2C(O)O1. The highest BCUT2D eigenvalue weighted by molar-refractivity contribution is 5.67. The first-order valence-corrected chi connectivity index (χ1v) is 7.81. The van der Waals surface area contributed by atoms with E-state index in [1.54, 1.807) is 19.1 Å². The van der Waals surface area contributed by atoms with Crippen molar-refractivity contribution in [1.29, 1.82) is 0 Å². The van der Waals surface area contributed by atoms with Gasteiger partial charge in [-0.15, -0.1) is 0 Å². The molecule has 0 aliphatic carbocycles. The Kier molecular flexibility index (Phi) is 5.16. The van der Waals surface area contributed by atoms with Crippen LogP contribution >= 0.6 is 0 Å². The predicted octanol–water partition coefficient (Wildman–Crippen LogP) is 4.32. The van der Waals surface area contributed by atoms with Crippen LogP contribution in [0.3, 0.4) is 0 Å². The lowest BCUT2D eigenvalue weighted by molar-refractivity contribution is -0.0665. The zero-order chi connectivity index (χ0) is 17.1. The molecule has 0 spiro atoms. The maximum Gasteiger partial charge on any atom is 0.228 e. The van der Waals surface area contributed by atoms with Gasteiger partial charge in [0, 0.05) is 5.56 Å². The number of fused-ring (bicyclic) bond motifs is 1. The summed E-state index contributed by atoms with van der Waals surface area (Å²) in [4.78, 5) is 0. The topological polar surface area (TPSA) is 69.9 Å². The molecule has 3 N–H and O–H groups in total. The minimum atomic E-state index is -1.26. The van der Waals surface area contributed by atoms with Gasteiger partial charge in [-0.25, -0.2) is 0 Å². The molecular formula is C19H24O4. The van der Waals surface area contributed by atoms with E-state index in [2.05, 4.69) is 19.9 Å². The number of aliphatic hydroxyl groups excluding tert-OH is 1. The van der Waals surface area contributed by atoms with Gasteiger partial charge >= 0.3 is 0 Å². The first kappa shape index (κ1) is 17.2. The molecule has 0 bridgehead atoms. The van der Waals surface area contributed by atoms with Gasteiger partial charge in [0.25, 0.3) is 0 Å². The van der Waals surface area contributed by atoms with E-state index in [0.717, 1.165) is 12.0 Å². The van der Waals surface area contributed by atoms with Crippen LogP contribution in [0.5, 0.6) is 11.5 Å². The molecule has 0 aromatic heterocycles. The summed E-state index contributed by atoms with van der Waals surface area (Å²) in [5.41, 5.74) is 2.27. The standard InChI is InChI=1S/C19H24O4/c1-5-11(2)8-12(3)6-7-15-9-14-10-16(20)13(4)18(21)17(14)19(22)23-15/h6-11,19-22H,5H2,1-4H3. The lowest BCUT2D eigenvalue weighted by Gasteiger charge is -2.23. The van der Waals surface area contributed by atoms with Gasteiger partial charge in [-0.05, 0) is 43.5 Å². The number of rotatable bonds is 4. The Labute approximate surface area is 137 Å². The van der Waals surface area contributed by atoms with Crippen molar-refractivity contribution in [3.05, 3.63) is 52.3 Å². The first-order chi connectivity index (χ1) is 10.8. The molecule has 0 saturated carbocycles. The highest BCUT2D eigenvalue weighted by Gasteiger charge is 2.25. The molecule has 0 saturated heterocycles. The van der Waals surface area contributed by atoms with Crippen molar-refractivity contribution in [2.24, 2.45) is 5.92 Å². The Morgan fingerprint density at radius 2 is 2.09 bits per heavy atom. The van der Waals surface area contributed by atoms with Crippen LogP contribution in [-0.4, -0.2) is 15.3 Å². The number of ether oxygens (including phenoxy) is 1. The van der Waals surface area contributed by atoms with Crippen molar-refractivity contribution >= 4 is 6.08 Å². The summed E-state index contributed by atoms with van der Waals surface area (Å²) < 4.78 is 5.43. The van der Waals surface area contributed by atoms with Gasteiger partial charge in [0.05, 0.1) is 5.56 Å². The Hall–Kier alpha value is -2.20. The largest absolute Gasteiger partial charge is 0.508 e. The van der Waals surface area contributed by atoms with Crippen molar-refractivity contribution in [3.63, 3.8) is 0 Å². The second-order valence-corrected chi connectivity index (χ2v) is 6.02. The molecule has 124 valence electrons. The second kappa shape index (κ2) is 6.92. The fraction of sp³-hybridized carbons (Fsp3) is 0.368. The highest BCUT2D eigenvalue weighted by atomic mass is 16.6. The Bertz CT molecular complexity index is 683. The molecule has 1 aromatic rings.